The maximum absolute atomic E-state index is 12.2. The molecule has 0 saturated heterocycles. The van der Waals surface area contributed by atoms with Crippen molar-refractivity contribution in [3.05, 3.63) is 58.9 Å². The number of aromatic nitrogens is 2. The molecule has 1 heterocycles. The average molecular weight is 375 g/mol. The number of ether oxygens (including phenoxy) is 3. The fourth-order valence-electron chi connectivity index (χ4n) is 2.21. The molecule has 0 bridgehead atoms. The van der Waals surface area contributed by atoms with Gasteiger partial charge in [-0.15, -0.1) is 0 Å². The minimum atomic E-state index is -0.581. The van der Waals surface area contributed by atoms with Crippen molar-refractivity contribution in [1.82, 2.24) is 10.1 Å². The van der Waals surface area contributed by atoms with Gasteiger partial charge in [0.05, 0.1) is 14.2 Å². The first kappa shape index (κ1) is 17.8. The standard InChI is InChI=1S/C18H15ClN2O5/c1-23-13-6-3-11(4-7-13)17-20-16(26-21-17)10-25-18(22)14-8-5-12(19)9-15(14)24-2/h3-9H,10H2,1-2H3. The first-order valence-corrected chi connectivity index (χ1v) is 7.96. The van der Waals surface area contributed by atoms with Gasteiger partial charge in [-0.25, -0.2) is 4.79 Å². The van der Waals surface area contributed by atoms with Crippen LogP contribution in [0.2, 0.25) is 5.02 Å². The summed E-state index contributed by atoms with van der Waals surface area (Å²) in [6.45, 7) is -0.159. The number of carbonyl (C=O) groups is 1. The lowest BCUT2D eigenvalue weighted by Gasteiger charge is -2.07. The molecule has 0 N–H and O–H groups in total. The molecule has 0 atom stereocenters. The normalized spacial score (nSPS) is 10.4. The summed E-state index contributed by atoms with van der Waals surface area (Å²) in [5.41, 5.74) is 1.01. The molecule has 0 aliphatic rings. The Hall–Kier alpha value is -3.06. The number of hydrogen-bond acceptors (Lipinski definition) is 7. The Morgan fingerprint density at radius 2 is 1.88 bits per heavy atom. The lowest BCUT2D eigenvalue weighted by molar-refractivity contribution is 0.0426. The monoisotopic (exact) mass is 374 g/mol. The first-order chi connectivity index (χ1) is 12.6. The van der Waals surface area contributed by atoms with Crippen molar-refractivity contribution in [2.75, 3.05) is 14.2 Å². The van der Waals surface area contributed by atoms with E-state index in [-0.39, 0.29) is 18.1 Å². The van der Waals surface area contributed by atoms with Gasteiger partial charge in [0.25, 0.3) is 5.89 Å². The van der Waals surface area contributed by atoms with E-state index >= 15 is 0 Å². The van der Waals surface area contributed by atoms with Crippen LogP contribution in [-0.4, -0.2) is 30.3 Å². The van der Waals surface area contributed by atoms with Crippen LogP contribution in [-0.2, 0) is 11.3 Å². The van der Waals surface area contributed by atoms with Crippen molar-refractivity contribution in [3.63, 3.8) is 0 Å². The summed E-state index contributed by atoms with van der Waals surface area (Å²) in [6.07, 6.45) is 0. The van der Waals surface area contributed by atoms with Gasteiger partial charge in [-0.1, -0.05) is 16.8 Å². The Morgan fingerprint density at radius 1 is 1.12 bits per heavy atom. The largest absolute Gasteiger partial charge is 0.497 e. The van der Waals surface area contributed by atoms with Gasteiger partial charge in [-0.2, -0.15) is 4.98 Å². The van der Waals surface area contributed by atoms with Crippen molar-refractivity contribution in [2.24, 2.45) is 0 Å². The minimum absolute atomic E-state index is 0.159. The highest BCUT2D eigenvalue weighted by Crippen LogP contribution is 2.24. The topological polar surface area (TPSA) is 83.7 Å². The van der Waals surface area contributed by atoms with Crippen molar-refractivity contribution < 1.29 is 23.5 Å². The smallest absolute Gasteiger partial charge is 0.342 e. The molecule has 3 aromatic rings. The third-order valence-electron chi connectivity index (χ3n) is 3.53. The number of methoxy groups -OCH3 is 2. The van der Waals surface area contributed by atoms with Crippen LogP contribution in [0.3, 0.4) is 0 Å². The Bertz CT molecular complexity index is 908. The molecule has 0 saturated carbocycles. The van der Waals surface area contributed by atoms with Crippen LogP contribution < -0.4 is 9.47 Å². The van der Waals surface area contributed by atoms with Crippen LogP contribution in [0.25, 0.3) is 11.4 Å². The molecule has 0 aliphatic heterocycles. The zero-order valence-electron chi connectivity index (χ0n) is 14.1. The highest BCUT2D eigenvalue weighted by molar-refractivity contribution is 6.30. The molecule has 0 radical (unpaired) electrons. The molecule has 1 aromatic heterocycles. The predicted octanol–water partition coefficient (Wildman–Crippen LogP) is 3.76. The Balaban J connectivity index is 1.67. The molecule has 3 rings (SSSR count). The quantitative estimate of drug-likeness (QED) is 0.607. The van der Waals surface area contributed by atoms with E-state index in [1.54, 1.807) is 37.4 Å². The van der Waals surface area contributed by atoms with Gasteiger partial charge in [0, 0.05) is 10.6 Å². The van der Waals surface area contributed by atoms with Gasteiger partial charge in [-0.05, 0) is 42.5 Å². The van der Waals surface area contributed by atoms with Gasteiger partial charge >= 0.3 is 5.97 Å². The minimum Gasteiger partial charge on any atom is -0.497 e. The first-order valence-electron chi connectivity index (χ1n) is 7.58. The maximum Gasteiger partial charge on any atom is 0.342 e. The highest BCUT2D eigenvalue weighted by Gasteiger charge is 2.16. The number of rotatable bonds is 6. The second kappa shape index (κ2) is 7.88. The summed E-state index contributed by atoms with van der Waals surface area (Å²) in [4.78, 5) is 16.4. The van der Waals surface area contributed by atoms with E-state index in [1.807, 2.05) is 0 Å². The molecule has 0 unspecified atom stereocenters. The van der Waals surface area contributed by atoms with Crippen LogP contribution in [0.4, 0.5) is 0 Å². The zero-order chi connectivity index (χ0) is 18.5. The van der Waals surface area contributed by atoms with Crippen molar-refractivity contribution >= 4 is 17.6 Å². The lowest BCUT2D eigenvalue weighted by Crippen LogP contribution is -2.07. The Kier molecular flexibility index (Phi) is 5.38. The van der Waals surface area contributed by atoms with E-state index in [9.17, 15) is 4.79 Å². The van der Waals surface area contributed by atoms with Crippen molar-refractivity contribution in [1.29, 1.82) is 0 Å². The van der Waals surface area contributed by atoms with E-state index in [0.29, 0.717) is 16.6 Å². The van der Waals surface area contributed by atoms with Crippen LogP contribution >= 0.6 is 11.6 Å². The van der Waals surface area contributed by atoms with Crippen molar-refractivity contribution in [2.45, 2.75) is 6.61 Å². The molecule has 2 aromatic carbocycles. The molecule has 0 fully saturated rings. The van der Waals surface area contributed by atoms with E-state index in [4.69, 9.17) is 30.3 Å². The molecule has 0 aliphatic carbocycles. The SMILES string of the molecule is COc1ccc(-c2noc(COC(=O)c3ccc(Cl)cc3OC)n2)cc1. The van der Waals surface area contributed by atoms with Crippen LogP contribution in [0, 0.1) is 0 Å². The van der Waals surface area contributed by atoms with E-state index < -0.39 is 5.97 Å². The fourth-order valence-corrected chi connectivity index (χ4v) is 2.37. The number of esters is 1. The maximum atomic E-state index is 12.2. The van der Waals surface area contributed by atoms with E-state index in [2.05, 4.69) is 10.1 Å². The average Bonchev–Trinajstić information content (AvgIpc) is 3.15. The summed E-state index contributed by atoms with van der Waals surface area (Å²) < 4.78 is 20.6. The van der Waals surface area contributed by atoms with E-state index in [0.717, 1.165) is 11.3 Å². The summed E-state index contributed by atoms with van der Waals surface area (Å²) in [5, 5.41) is 4.34. The van der Waals surface area contributed by atoms with Gasteiger partial charge in [0.15, 0.2) is 6.61 Å². The predicted molar refractivity (Wildman–Crippen MR) is 93.4 cm³/mol. The number of hydrogen-bond donors (Lipinski definition) is 0. The second-order valence-electron chi connectivity index (χ2n) is 5.16. The number of halogens is 1. The molecule has 0 spiro atoms. The Morgan fingerprint density at radius 3 is 2.58 bits per heavy atom. The van der Waals surface area contributed by atoms with Gasteiger partial charge in [-0.3, -0.25) is 0 Å². The number of benzene rings is 2. The number of carbonyl (C=O) groups excluding carboxylic acids is 1. The summed E-state index contributed by atoms with van der Waals surface area (Å²) in [5.74, 6) is 1.04. The lowest BCUT2D eigenvalue weighted by atomic mass is 10.2. The van der Waals surface area contributed by atoms with Gasteiger partial charge in [0.1, 0.15) is 17.1 Å². The summed E-state index contributed by atoms with van der Waals surface area (Å²) in [7, 11) is 3.03. The van der Waals surface area contributed by atoms with Crippen LogP contribution in [0.1, 0.15) is 16.2 Å². The molecule has 134 valence electrons. The summed E-state index contributed by atoms with van der Waals surface area (Å²) in [6, 6.07) is 11.8. The van der Waals surface area contributed by atoms with E-state index in [1.165, 1.54) is 19.2 Å². The fraction of sp³-hybridized carbons (Fsp3) is 0.167. The van der Waals surface area contributed by atoms with Gasteiger partial charge in [0.2, 0.25) is 5.82 Å². The third kappa shape index (κ3) is 3.94. The Labute approximate surface area is 154 Å². The number of nitrogens with zero attached hydrogens (tertiary/aromatic N) is 2. The van der Waals surface area contributed by atoms with Gasteiger partial charge < -0.3 is 18.7 Å². The molecule has 0 amide bonds. The second-order valence-corrected chi connectivity index (χ2v) is 5.60. The van der Waals surface area contributed by atoms with Crippen LogP contribution in [0.15, 0.2) is 47.0 Å². The highest BCUT2D eigenvalue weighted by atomic mass is 35.5. The molecule has 26 heavy (non-hydrogen) atoms. The zero-order valence-corrected chi connectivity index (χ0v) is 14.8. The molecular weight excluding hydrogens is 360 g/mol. The molecule has 7 nitrogen and oxygen atoms in total. The molecule has 8 heteroatoms. The summed E-state index contributed by atoms with van der Waals surface area (Å²) >= 11 is 5.88. The third-order valence-corrected chi connectivity index (χ3v) is 3.76. The molecular formula is C18H15ClN2O5. The van der Waals surface area contributed by atoms with Crippen molar-refractivity contribution in [3.8, 4) is 22.9 Å². The van der Waals surface area contributed by atoms with Crippen LogP contribution in [0.5, 0.6) is 11.5 Å².